The zero-order valence-electron chi connectivity index (χ0n) is 21.0. The lowest BCUT2D eigenvalue weighted by Gasteiger charge is -2.30. The highest BCUT2D eigenvalue weighted by atomic mass is 32.2. The predicted octanol–water partition coefficient (Wildman–Crippen LogP) is 6.01. The highest BCUT2D eigenvalue weighted by Gasteiger charge is 2.34. The fourth-order valence-corrected chi connectivity index (χ4v) is 5.13. The molecule has 6 nitrogen and oxygen atoms in total. The van der Waals surface area contributed by atoms with E-state index < -0.39 is 5.92 Å². The number of dihydropyridines is 1. The van der Waals surface area contributed by atoms with Crippen LogP contribution in [-0.2, 0) is 9.59 Å². The van der Waals surface area contributed by atoms with Gasteiger partial charge in [-0.3, -0.25) is 9.59 Å². The van der Waals surface area contributed by atoms with E-state index in [2.05, 4.69) is 22.0 Å². The number of carbonyl (C=O) groups excluding carboxylic acids is 2. The number of nitrogens with one attached hydrogen (secondary N) is 3. The molecule has 37 heavy (non-hydrogen) atoms. The molecule has 1 atom stereocenters. The van der Waals surface area contributed by atoms with Gasteiger partial charge in [0.05, 0.1) is 28.3 Å². The van der Waals surface area contributed by atoms with Gasteiger partial charge in [-0.15, -0.1) is 0 Å². The van der Waals surface area contributed by atoms with Crippen molar-refractivity contribution in [3.05, 3.63) is 117 Å². The first-order valence-corrected chi connectivity index (χ1v) is 12.9. The summed E-state index contributed by atoms with van der Waals surface area (Å²) in [6, 6.07) is 26.8. The van der Waals surface area contributed by atoms with Crippen molar-refractivity contribution in [1.82, 2.24) is 5.32 Å². The molecular formula is C30H28N4O2S. The maximum Gasteiger partial charge on any atom is 0.254 e. The van der Waals surface area contributed by atoms with Crippen LogP contribution in [0.5, 0.6) is 0 Å². The van der Waals surface area contributed by atoms with Crippen molar-refractivity contribution in [3.63, 3.8) is 0 Å². The maximum absolute atomic E-state index is 13.4. The number of hydrogen-bond donors (Lipinski definition) is 3. The third-order valence-electron chi connectivity index (χ3n) is 6.28. The van der Waals surface area contributed by atoms with Crippen LogP contribution in [0.2, 0.25) is 0 Å². The second-order valence-electron chi connectivity index (χ2n) is 8.77. The van der Waals surface area contributed by atoms with Gasteiger partial charge in [0.15, 0.2) is 0 Å². The number of amides is 2. The lowest BCUT2D eigenvalue weighted by Crippen LogP contribution is -2.31. The number of hydrogen-bond acceptors (Lipinski definition) is 5. The third kappa shape index (κ3) is 5.93. The van der Waals surface area contributed by atoms with E-state index in [1.807, 2.05) is 99.6 Å². The number of benzene rings is 3. The van der Waals surface area contributed by atoms with E-state index in [0.29, 0.717) is 27.6 Å². The third-order valence-corrected chi connectivity index (χ3v) is 7.30. The van der Waals surface area contributed by atoms with Crippen LogP contribution in [0, 0.1) is 25.2 Å². The molecule has 0 spiro atoms. The first-order chi connectivity index (χ1) is 17.9. The average Bonchev–Trinajstić information content (AvgIpc) is 2.90. The number of nitriles is 1. The van der Waals surface area contributed by atoms with Crippen LogP contribution >= 0.6 is 11.8 Å². The van der Waals surface area contributed by atoms with Crippen molar-refractivity contribution in [2.75, 3.05) is 16.4 Å². The molecule has 0 aliphatic carbocycles. The molecule has 3 aromatic carbocycles. The van der Waals surface area contributed by atoms with E-state index in [1.165, 1.54) is 11.8 Å². The Balaban J connectivity index is 1.61. The lowest BCUT2D eigenvalue weighted by atomic mass is 9.82. The van der Waals surface area contributed by atoms with Crippen LogP contribution in [0.3, 0.4) is 0 Å². The Bertz CT molecular complexity index is 1420. The van der Waals surface area contributed by atoms with Crippen molar-refractivity contribution in [2.45, 2.75) is 26.7 Å². The van der Waals surface area contributed by atoms with Gasteiger partial charge in [-0.25, -0.2) is 0 Å². The largest absolute Gasteiger partial charge is 0.353 e. The normalized spacial score (nSPS) is 15.0. The van der Waals surface area contributed by atoms with Crippen molar-refractivity contribution >= 4 is 35.0 Å². The summed E-state index contributed by atoms with van der Waals surface area (Å²) in [5.41, 5.74) is 5.90. The minimum absolute atomic E-state index is 0.112. The molecule has 0 saturated heterocycles. The Labute approximate surface area is 221 Å². The molecule has 7 heteroatoms. The van der Waals surface area contributed by atoms with Crippen LogP contribution in [0.15, 0.2) is 101 Å². The second kappa shape index (κ2) is 11.6. The van der Waals surface area contributed by atoms with Gasteiger partial charge < -0.3 is 16.0 Å². The molecule has 1 aliphatic rings. The minimum atomic E-state index is -0.569. The smallest absolute Gasteiger partial charge is 0.254 e. The molecule has 0 fully saturated rings. The Morgan fingerprint density at radius 1 is 0.919 bits per heavy atom. The molecule has 1 aliphatic heterocycles. The van der Waals surface area contributed by atoms with Crippen molar-refractivity contribution in [1.29, 1.82) is 5.26 Å². The Morgan fingerprint density at radius 3 is 2.27 bits per heavy atom. The molecule has 2 amide bonds. The number of para-hydroxylation sites is 1. The summed E-state index contributed by atoms with van der Waals surface area (Å²) < 4.78 is 0. The van der Waals surface area contributed by atoms with Crippen LogP contribution in [0.1, 0.15) is 29.5 Å². The van der Waals surface area contributed by atoms with Crippen LogP contribution < -0.4 is 16.0 Å². The topological polar surface area (TPSA) is 94.0 Å². The maximum atomic E-state index is 13.4. The molecule has 186 valence electrons. The number of nitrogens with zero attached hydrogens (tertiary/aromatic N) is 1. The number of carbonyl (C=O) groups is 2. The number of anilines is 2. The van der Waals surface area contributed by atoms with Gasteiger partial charge in [-0.2, -0.15) is 5.26 Å². The van der Waals surface area contributed by atoms with Crippen LogP contribution in [0.25, 0.3) is 0 Å². The monoisotopic (exact) mass is 508 g/mol. The van der Waals surface area contributed by atoms with Crippen LogP contribution in [0.4, 0.5) is 11.4 Å². The first kappa shape index (κ1) is 25.8. The highest BCUT2D eigenvalue weighted by Crippen LogP contribution is 2.41. The van der Waals surface area contributed by atoms with E-state index in [9.17, 15) is 14.9 Å². The highest BCUT2D eigenvalue weighted by molar-refractivity contribution is 8.03. The van der Waals surface area contributed by atoms with E-state index in [-0.39, 0.29) is 17.6 Å². The number of rotatable bonds is 7. The SMILES string of the molecule is CC1=C(C(=O)Nc2ccccc2)[C@H](c2ccccc2)C(C#N)=C(SCC(=O)Nc2cccc(C)c2C)N1. The summed E-state index contributed by atoms with van der Waals surface area (Å²) in [6.45, 7) is 5.79. The first-order valence-electron chi connectivity index (χ1n) is 11.9. The van der Waals surface area contributed by atoms with E-state index in [1.54, 1.807) is 0 Å². The zero-order chi connectivity index (χ0) is 26.4. The second-order valence-corrected chi connectivity index (χ2v) is 9.75. The molecule has 0 saturated carbocycles. The summed E-state index contributed by atoms with van der Waals surface area (Å²) in [5, 5.41) is 19.9. The Hall–Kier alpha value is -4.28. The summed E-state index contributed by atoms with van der Waals surface area (Å²) >= 11 is 1.26. The zero-order valence-corrected chi connectivity index (χ0v) is 21.8. The van der Waals surface area contributed by atoms with Crippen molar-refractivity contribution in [3.8, 4) is 6.07 Å². The Kier molecular flexibility index (Phi) is 8.11. The van der Waals surface area contributed by atoms with Crippen LogP contribution in [-0.4, -0.2) is 17.6 Å². The molecule has 0 radical (unpaired) electrons. The number of aryl methyl sites for hydroxylation is 1. The molecule has 4 rings (SSSR count). The Morgan fingerprint density at radius 2 is 1.59 bits per heavy atom. The molecule has 1 heterocycles. The van der Waals surface area contributed by atoms with Gasteiger partial charge in [-0.1, -0.05) is 72.4 Å². The molecule has 3 aromatic rings. The molecule has 0 unspecified atom stereocenters. The summed E-state index contributed by atoms with van der Waals surface area (Å²) in [5.74, 6) is -0.910. The van der Waals surface area contributed by atoms with E-state index in [4.69, 9.17) is 0 Å². The van der Waals surface area contributed by atoms with Gasteiger partial charge in [-0.05, 0) is 55.7 Å². The van der Waals surface area contributed by atoms with E-state index in [0.717, 1.165) is 22.4 Å². The quantitative estimate of drug-likeness (QED) is 0.363. The minimum Gasteiger partial charge on any atom is -0.353 e. The van der Waals surface area contributed by atoms with Gasteiger partial charge in [0.25, 0.3) is 5.91 Å². The summed E-state index contributed by atoms with van der Waals surface area (Å²) in [7, 11) is 0. The van der Waals surface area contributed by atoms with E-state index >= 15 is 0 Å². The molecule has 3 N–H and O–H groups in total. The molecule has 0 bridgehead atoms. The van der Waals surface area contributed by atoms with Gasteiger partial charge in [0.1, 0.15) is 0 Å². The average molecular weight is 509 g/mol. The van der Waals surface area contributed by atoms with Gasteiger partial charge >= 0.3 is 0 Å². The van der Waals surface area contributed by atoms with Crippen molar-refractivity contribution < 1.29 is 9.59 Å². The lowest BCUT2D eigenvalue weighted by molar-refractivity contribution is -0.114. The molecular weight excluding hydrogens is 480 g/mol. The predicted molar refractivity (Wildman–Crippen MR) is 150 cm³/mol. The van der Waals surface area contributed by atoms with Gasteiger partial charge in [0, 0.05) is 22.6 Å². The van der Waals surface area contributed by atoms with Gasteiger partial charge in [0.2, 0.25) is 5.91 Å². The molecule has 0 aromatic heterocycles. The number of allylic oxidation sites excluding steroid dienone is 2. The fourth-order valence-electron chi connectivity index (χ4n) is 4.24. The fraction of sp³-hybridized carbons (Fsp3) is 0.167. The summed E-state index contributed by atoms with van der Waals surface area (Å²) in [6.07, 6.45) is 0. The van der Waals surface area contributed by atoms with Crippen molar-refractivity contribution in [2.24, 2.45) is 0 Å². The standard InChI is InChI=1S/C30H28N4O2S/c1-19-11-10-16-25(20(19)2)34-26(35)18-37-30-24(17-31)28(22-12-6-4-7-13-22)27(21(3)32-30)29(36)33-23-14-8-5-9-15-23/h4-16,28,32H,18H2,1-3H3,(H,33,36)(H,34,35)/t28-/m1/s1. The summed E-state index contributed by atoms with van der Waals surface area (Å²) in [4.78, 5) is 26.2. The number of thioether (sulfide) groups is 1.